The van der Waals surface area contributed by atoms with Crippen LogP contribution in [-0.4, -0.2) is 62.2 Å². The number of thioether (sulfide) groups is 2. The van der Waals surface area contributed by atoms with Crippen LogP contribution >= 0.6 is 23.5 Å². The number of aryl methyl sites for hydroxylation is 1. The van der Waals surface area contributed by atoms with Crippen molar-refractivity contribution in [3.63, 3.8) is 0 Å². The molecular weight excluding hydrogens is 626 g/mol. The molecule has 0 saturated carbocycles. The second kappa shape index (κ2) is 14.6. The third-order valence-electron chi connectivity index (χ3n) is 7.37. The lowest BCUT2D eigenvalue weighted by atomic mass is 9.97. The van der Waals surface area contributed by atoms with Crippen LogP contribution in [0.5, 0.6) is 0 Å². The number of anilines is 1. The number of benzene rings is 3. The van der Waals surface area contributed by atoms with E-state index in [1.165, 1.54) is 40.9 Å². The smallest absolute Gasteiger partial charge is 0.381 e. The average molecular weight is 661 g/mol. The second-order valence-electron chi connectivity index (χ2n) is 11.1. The average Bonchev–Trinajstić information content (AvgIpc) is 3.30. The number of nitrogens with one attached hydrogen (secondary N) is 3. The highest BCUT2D eigenvalue weighted by Gasteiger charge is 2.49. The summed E-state index contributed by atoms with van der Waals surface area (Å²) in [6, 6.07) is 19.0. The molecule has 1 fully saturated rings. The molecule has 1 heterocycles. The van der Waals surface area contributed by atoms with Crippen molar-refractivity contribution >= 4 is 47.1 Å². The van der Waals surface area contributed by atoms with Crippen LogP contribution < -0.4 is 16.0 Å². The van der Waals surface area contributed by atoms with Gasteiger partial charge in [-0.15, -0.1) is 11.8 Å². The minimum Gasteiger partial charge on any atom is -0.381 e. The molecule has 45 heavy (non-hydrogen) atoms. The fourth-order valence-electron chi connectivity index (χ4n) is 5.06. The molecule has 0 spiro atoms. The Morgan fingerprint density at radius 2 is 1.73 bits per heavy atom. The Morgan fingerprint density at radius 1 is 1.04 bits per heavy atom. The van der Waals surface area contributed by atoms with Crippen molar-refractivity contribution in [3.8, 4) is 0 Å². The molecule has 8 nitrogen and oxygen atoms in total. The van der Waals surface area contributed by atoms with Crippen molar-refractivity contribution in [2.45, 2.75) is 67.1 Å². The highest BCUT2D eigenvalue weighted by molar-refractivity contribution is 8.01. The van der Waals surface area contributed by atoms with E-state index in [0.717, 1.165) is 16.7 Å². The molecule has 3 atom stereocenters. The van der Waals surface area contributed by atoms with E-state index in [1.54, 1.807) is 30.3 Å². The lowest BCUT2D eigenvalue weighted by Crippen LogP contribution is -2.59. The van der Waals surface area contributed by atoms with E-state index >= 15 is 0 Å². The van der Waals surface area contributed by atoms with Gasteiger partial charge in [0.25, 0.3) is 5.91 Å². The van der Waals surface area contributed by atoms with Crippen molar-refractivity contribution in [2.75, 3.05) is 11.2 Å². The molecule has 0 aromatic heterocycles. The van der Waals surface area contributed by atoms with Gasteiger partial charge in [-0.1, -0.05) is 60.7 Å². The molecule has 3 aromatic rings. The van der Waals surface area contributed by atoms with Crippen molar-refractivity contribution in [2.24, 2.45) is 0 Å². The molecule has 0 bridgehead atoms. The number of alkyl halides is 3. The first-order valence-electron chi connectivity index (χ1n) is 14.2. The summed E-state index contributed by atoms with van der Waals surface area (Å²) >= 11 is 1.09. The van der Waals surface area contributed by atoms with Crippen LogP contribution in [0.4, 0.5) is 23.7 Å². The predicted molar refractivity (Wildman–Crippen MR) is 171 cm³/mol. The van der Waals surface area contributed by atoms with Gasteiger partial charge in [-0.05, 0) is 73.8 Å². The first-order valence-corrected chi connectivity index (χ1v) is 16.0. The first kappa shape index (κ1) is 34.2. The predicted octanol–water partition coefficient (Wildman–Crippen LogP) is 5.70. The van der Waals surface area contributed by atoms with E-state index < -0.39 is 40.4 Å². The third-order valence-corrected chi connectivity index (χ3v) is 9.46. The number of rotatable bonds is 10. The lowest BCUT2D eigenvalue weighted by Gasteiger charge is -2.33. The minimum absolute atomic E-state index is 0.0691. The molecule has 13 heteroatoms. The molecule has 240 valence electrons. The first-order chi connectivity index (χ1) is 21.2. The van der Waals surface area contributed by atoms with Gasteiger partial charge < -0.3 is 26.0 Å². The number of hydrogen-bond donors (Lipinski definition) is 4. The van der Waals surface area contributed by atoms with Gasteiger partial charge in [-0.3, -0.25) is 9.59 Å². The fourth-order valence-corrected chi connectivity index (χ4v) is 6.80. The SMILES string of the molecule is Cc1ccccc1CNC(=O)C1N(C(=O)C(O)C(Cc2ccccc2)NC(=O)Nc2cccc(SC(F)(F)F)c2)CSC1(C)C. The van der Waals surface area contributed by atoms with Gasteiger partial charge in [0.2, 0.25) is 5.91 Å². The zero-order chi connectivity index (χ0) is 32.8. The molecule has 4 amide bonds. The fraction of sp³-hybridized carbons (Fsp3) is 0.344. The zero-order valence-corrected chi connectivity index (χ0v) is 26.6. The maximum atomic E-state index is 13.8. The van der Waals surface area contributed by atoms with Crippen molar-refractivity contribution < 1.29 is 32.7 Å². The molecule has 3 unspecified atom stereocenters. The summed E-state index contributed by atoms with van der Waals surface area (Å²) in [6.07, 6.45) is -1.66. The van der Waals surface area contributed by atoms with Crippen LogP contribution in [0.3, 0.4) is 0 Å². The van der Waals surface area contributed by atoms with Crippen LogP contribution in [0.1, 0.15) is 30.5 Å². The van der Waals surface area contributed by atoms with Crippen molar-refractivity contribution in [1.29, 1.82) is 0 Å². The maximum absolute atomic E-state index is 13.8. The molecule has 1 aliphatic heterocycles. The van der Waals surface area contributed by atoms with E-state index in [2.05, 4.69) is 16.0 Å². The van der Waals surface area contributed by atoms with E-state index in [-0.39, 0.29) is 47.1 Å². The Hall–Kier alpha value is -3.68. The number of hydrogen-bond acceptors (Lipinski definition) is 6. The number of amides is 4. The van der Waals surface area contributed by atoms with Crippen LogP contribution in [-0.2, 0) is 22.6 Å². The van der Waals surface area contributed by atoms with E-state index in [9.17, 15) is 32.7 Å². The topological polar surface area (TPSA) is 111 Å². The summed E-state index contributed by atoms with van der Waals surface area (Å²) in [5.74, 6) is -0.941. The number of halogens is 3. The zero-order valence-electron chi connectivity index (χ0n) is 24.9. The Kier molecular flexibility index (Phi) is 11.1. The largest absolute Gasteiger partial charge is 0.446 e. The van der Waals surface area contributed by atoms with E-state index in [4.69, 9.17) is 0 Å². The second-order valence-corrected chi connectivity index (χ2v) is 13.9. The van der Waals surface area contributed by atoms with Gasteiger partial charge in [-0.2, -0.15) is 13.2 Å². The quantitative estimate of drug-likeness (QED) is 0.208. The standard InChI is InChI=1S/C32H35F3N4O4S2/c1-20-10-7-8-13-22(20)18-36-28(41)27-31(2,3)44-19-39(27)29(42)26(40)25(16-21-11-5-4-6-12-21)38-30(43)37-23-14-9-15-24(17-23)45-32(33,34)35/h4-15,17,25-27,40H,16,18-19H2,1-3H3,(H,36,41)(H2,37,38,43). The molecule has 1 aliphatic rings. The Morgan fingerprint density at radius 3 is 2.42 bits per heavy atom. The Labute approximate surface area is 268 Å². The summed E-state index contributed by atoms with van der Waals surface area (Å²) in [7, 11) is 0. The molecule has 3 aromatic carbocycles. The molecular formula is C32H35F3N4O4S2. The number of carbonyl (C=O) groups is 3. The summed E-state index contributed by atoms with van der Waals surface area (Å²) in [5, 5.41) is 19.4. The molecule has 4 rings (SSSR count). The number of urea groups is 1. The van der Waals surface area contributed by atoms with E-state index in [1.807, 2.05) is 45.0 Å². The summed E-state index contributed by atoms with van der Waals surface area (Å²) in [5.41, 5.74) is -1.72. The van der Waals surface area contributed by atoms with Crippen LogP contribution in [0.2, 0.25) is 0 Å². The van der Waals surface area contributed by atoms with Gasteiger partial charge in [-0.25, -0.2) is 4.79 Å². The van der Waals surface area contributed by atoms with Crippen LogP contribution in [0, 0.1) is 6.92 Å². The monoisotopic (exact) mass is 660 g/mol. The number of carbonyl (C=O) groups excluding carboxylic acids is 3. The molecule has 1 saturated heterocycles. The minimum atomic E-state index is -4.50. The van der Waals surface area contributed by atoms with Gasteiger partial charge in [0, 0.05) is 21.9 Å². The van der Waals surface area contributed by atoms with Crippen LogP contribution in [0.25, 0.3) is 0 Å². The van der Waals surface area contributed by atoms with Crippen molar-refractivity contribution in [3.05, 3.63) is 95.6 Å². The summed E-state index contributed by atoms with van der Waals surface area (Å²) in [6.45, 7) is 5.92. The molecule has 0 radical (unpaired) electrons. The maximum Gasteiger partial charge on any atom is 0.446 e. The summed E-state index contributed by atoms with van der Waals surface area (Å²) < 4.78 is 37.9. The van der Waals surface area contributed by atoms with Gasteiger partial charge in [0.05, 0.1) is 11.9 Å². The Balaban J connectivity index is 1.50. The van der Waals surface area contributed by atoms with E-state index in [0.29, 0.717) is 0 Å². The van der Waals surface area contributed by atoms with Gasteiger partial charge >= 0.3 is 11.5 Å². The number of aliphatic hydroxyl groups excluding tert-OH is 1. The van der Waals surface area contributed by atoms with Gasteiger partial charge in [0.1, 0.15) is 6.04 Å². The van der Waals surface area contributed by atoms with Crippen LogP contribution in [0.15, 0.2) is 83.8 Å². The number of aliphatic hydroxyl groups is 1. The summed E-state index contributed by atoms with van der Waals surface area (Å²) in [4.78, 5) is 41.6. The van der Waals surface area contributed by atoms with Crippen molar-refractivity contribution in [1.82, 2.24) is 15.5 Å². The highest BCUT2D eigenvalue weighted by atomic mass is 32.2. The normalized spacial score (nSPS) is 17.3. The highest BCUT2D eigenvalue weighted by Crippen LogP contribution is 2.40. The number of nitrogens with zero attached hydrogens (tertiary/aromatic N) is 1. The molecule has 0 aliphatic carbocycles. The third kappa shape index (κ3) is 9.41. The van der Waals surface area contributed by atoms with Gasteiger partial charge in [0.15, 0.2) is 6.10 Å². The lowest BCUT2D eigenvalue weighted by molar-refractivity contribution is -0.147. The Bertz CT molecular complexity index is 1510. The molecule has 4 N–H and O–H groups in total.